The van der Waals surface area contributed by atoms with Gasteiger partial charge in [-0.05, 0) is 24.6 Å². The van der Waals surface area contributed by atoms with Crippen molar-refractivity contribution >= 4 is 24.5 Å². The quantitative estimate of drug-likeness (QED) is 0.601. The summed E-state index contributed by atoms with van der Waals surface area (Å²) in [6.45, 7) is 10.6. The van der Waals surface area contributed by atoms with Crippen LogP contribution in [0.2, 0.25) is 18.1 Å². The van der Waals surface area contributed by atoms with E-state index >= 15 is 0 Å². The van der Waals surface area contributed by atoms with Crippen molar-refractivity contribution in [2.45, 2.75) is 57.5 Å². The predicted octanol–water partition coefficient (Wildman–Crippen LogP) is 2.11. The monoisotopic (exact) mass is 353 g/mol. The molecule has 1 aliphatic heterocycles. The van der Waals surface area contributed by atoms with Gasteiger partial charge in [-0.15, -0.1) is 0 Å². The molecule has 1 aliphatic rings. The third-order valence-electron chi connectivity index (χ3n) is 4.43. The molecule has 1 amide bonds. The zero-order chi connectivity index (χ0) is 17.3. The molecule has 9 heteroatoms. The Morgan fingerprint density at radius 3 is 2.32 bits per heavy atom. The Morgan fingerprint density at radius 1 is 1.36 bits per heavy atom. The summed E-state index contributed by atoms with van der Waals surface area (Å²) in [5.74, 6) is 0. The lowest BCUT2D eigenvalue weighted by Crippen LogP contribution is -2.50. The molecule has 0 aliphatic carbocycles. The SMILES string of the molecule is CC(C)(C)[Si](C)(C)O[C@H]1CCN(C(=O)O)[C@@H]1COS(C)(=O)=O. The van der Waals surface area contributed by atoms with E-state index in [9.17, 15) is 18.3 Å². The van der Waals surface area contributed by atoms with Crippen molar-refractivity contribution in [3.8, 4) is 0 Å². The lowest BCUT2D eigenvalue weighted by atomic mass is 10.2. The van der Waals surface area contributed by atoms with Gasteiger partial charge >= 0.3 is 6.09 Å². The number of carbonyl (C=O) groups is 1. The Labute approximate surface area is 133 Å². The van der Waals surface area contributed by atoms with Crippen molar-refractivity contribution in [2.75, 3.05) is 19.4 Å². The number of hydrogen-bond donors (Lipinski definition) is 1. The summed E-state index contributed by atoms with van der Waals surface area (Å²) in [6, 6.07) is -0.596. The maximum atomic E-state index is 11.3. The Bertz CT molecular complexity index is 513. The second kappa shape index (κ2) is 6.46. The topological polar surface area (TPSA) is 93.1 Å². The highest BCUT2D eigenvalue weighted by molar-refractivity contribution is 7.85. The van der Waals surface area contributed by atoms with E-state index in [-0.39, 0.29) is 17.7 Å². The fraction of sp³-hybridized carbons (Fsp3) is 0.923. The highest BCUT2D eigenvalue weighted by Gasteiger charge is 2.45. The highest BCUT2D eigenvalue weighted by atomic mass is 32.2. The minimum atomic E-state index is -3.62. The Morgan fingerprint density at radius 2 is 1.91 bits per heavy atom. The van der Waals surface area contributed by atoms with Gasteiger partial charge in [0.25, 0.3) is 10.1 Å². The highest BCUT2D eigenvalue weighted by Crippen LogP contribution is 2.39. The molecular weight excluding hydrogens is 326 g/mol. The first-order valence-corrected chi connectivity index (χ1v) is 12.0. The molecule has 0 aromatic rings. The minimum Gasteiger partial charge on any atom is -0.465 e. The van der Waals surface area contributed by atoms with Gasteiger partial charge in [0.15, 0.2) is 8.32 Å². The van der Waals surface area contributed by atoms with Gasteiger partial charge in [0, 0.05) is 6.54 Å². The van der Waals surface area contributed by atoms with Gasteiger partial charge < -0.3 is 14.4 Å². The molecule has 2 atom stereocenters. The van der Waals surface area contributed by atoms with Crippen molar-refractivity contribution in [2.24, 2.45) is 0 Å². The van der Waals surface area contributed by atoms with Gasteiger partial charge in [0.1, 0.15) is 0 Å². The molecule has 0 unspecified atom stereocenters. The summed E-state index contributed by atoms with van der Waals surface area (Å²) in [6.07, 6.45) is 0.0927. The number of rotatable bonds is 5. The number of hydrogen-bond acceptors (Lipinski definition) is 5. The molecule has 22 heavy (non-hydrogen) atoms. The van der Waals surface area contributed by atoms with Crippen LogP contribution in [0.4, 0.5) is 4.79 Å². The smallest absolute Gasteiger partial charge is 0.407 e. The molecule has 0 bridgehead atoms. The Balaban J connectivity index is 2.90. The fourth-order valence-electron chi connectivity index (χ4n) is 2.15. The zero-order valence-corrected chi connectivity index (χ0v) is 15.9. The van der Waals surface area contributed by atoms with E-state index in [1.165, 1.54) is 4.90 Å². The molecule has 0 saturated carbocycles. The molecular formula is C13H27NO6SSi. The first kappa shape index (κ1) is 19.4. The van der Waals surface area contributed by atoms with Crippen molar-refractivity contribution < 1.29 is 26.9 Å². The van der Waals surface area contributed by atoms with E-state index in [0.717, 1.165) is 6.26 Å². The molecule has 130 valence electrons. The van der Waals surface area contributed by atoms with Crippen LogP contribution in [0.5, 0.6) is 0 Å². The number of nitrogens with zero attached hydrogens (tertiary/aromatic N) is 1. The van der Waals surface area contributed by atoms with E-state index in [1.807, 2.05) is 0 Å². The summed E-state index contributed by atoms with van der Waals surface area (Å²) in [5.41, 5.74) is 0. The van der Waals surface area contributed by atoms with Gasteiger partial charge in [0.2, 0.25) is 0 Å². The van der Waals surface area contributed by atoms with E-state index in [2.05, 4.69) is 33.9 Å². The van der Waals surface area contributed by atoms with Crippen molar-refractivity contribution in [1.29, 1.82) is 0 Å². The second-order valence-electron chi connectivity index (χ2n) is 7.24. The van der Waals surface area contributed by atoms with E-state index in [4.69, 9.17) is 8.61 Å². The third-order valence-corrected chi connectivity index (χ3v) is 9.50. The third kappa shape index (κ3) is 4.93. The first-order chi connectivity index (χ1) is 9.74. The minimum absolute atomic E-state index is 0.00805. The standard InChI is InChI=1S/C13H27NO6SSi/c1-13(2,3)22(5,6)20-11-7-8-14(12(15)16)10(11)9-19-21(4,17)18/h10-11H,7-9H2,1-6H3,(H,15,16)/t10-,11+/m1/s1. The Hall–Kier alpha value is -0.643. The van der Waals surface area contributed by atoms with Crippen LogP contribution in [0.15, 0.2) is 0 Å². The molecule has 0 radical (unpaired) electrons. The summed E-state index contributed by atoms with van der Waals surface area (Å²) in [5, 5.41) is 9.26. The van der Waals surface area contributed by atoms with Gasteiger partial charge in [0.05, 0.1) is 25.0 Å². The van der Waals surface area contributed by atoms with Crippen LogP contribution < -0.4 is 0 Å². The van der Waals surface area contributed by atoms with Crippen molar-refractivity contribution in [3.63, 3.8) is 0 Å². The van der Waals surface area contributed by atoms with Crippen molar-refractivity contribution in [3.05, 3.63) is 0 Å². The number of carboxylic acid groups (broad SMARTS) is 1. The van der Waals surface area contributed by atoms with Crippen LogP contribution in [0.25, 0.3) is 0 Å². The Kier molecular flexibility index (Phi) is 5.70. The molecule has 1 heterocycles. The summed E-state index contributed by atoms with van der Waals surface area (Å²) >= 11 is 0. The van der Waals surface area contributed by atoms with Crippen LogP contribution >= 0.6 is 0 Å². The average Bonchev–Trinajstić information content (AvgIpc) is 2.66. The zero-order valence-electron chi connectivity index (χ0n) is 14.1. The molecule has 1 saturated heterocycles. The molecule has 0 aromatic carbocycles. The maximum absolute atomic E-state index is 11.3. The fourth-order valence-corrected chi connectivity index (χ4v) is 3.92. The van der Waals surface area contributed by atoms with Crippen molar-refractivity contribution in [1.82, 2.24) is 4.90 Å². The second-order valence-corrected chi connectivity index (χ2v) is 13.6. The molecule has 0 spiro atoms. The van der Waals surface area contributed by atoms with E-state index in [0.29, 0.717) is 13.0 Å². The van der Waals surface area contributed by atoms with Crippen LogP contribution in [-0.2, 0) is 18.7 Å². The number of amides is 1. The van der Waals surface area contributed by atoms with Gasteiger partial charge in [-0.1, -0.05) is 20.8 Å². The van der Waals surface area contributed by atoms with Crippen LogP contribution in [0.3, 0.4) is 0 Å². The lowest BCUT2D eigenvalue weighted by molar-refractivity contribution is 0.0798. The molecule has 0 aromatic heterocycles. The largest absolute Gasteiger partial charge is 0.465 e. The van der Waals surface area contributed by atoms with Gasteiger partial charge in [-0.2, -0.15) is 8.42 Å². The molecule has 1 rings (SSSR count). The maximum Gasteiger partial charge on any atom is 0.407 e. The summed E-state index contributed by atoms with van der Waals surface area (Å²) in [7, 11) is -5.70. The molecule has 1 fully saturated rings. The van der Waals surface area contributed by atoms with Gasteiger partial charge in [-0.3, -0.25) is 4.18 Å². The molecule has 7 nitrogen and oxygen atoms in total. The summed E-state index contributed by atoms with van der Waals surface area (Å²) in [4.78, 5) is 12.5. The van der Waals surface area contributed by atoms with Crippen LogP contribution in [-0.4, -0.2) is 64.4 Å². The first-order valence-electron chi connectivity index (χ1n) is 7.26. The number of likely N-dealkylation sites (tertiary alicyclic amines) is 1. The lowest BCUT2D eigenvalue weighted by Gasteiger charge is -2.40. The van der Waals surface area contributed by atoms with E-state index in [1.54, 1.807) is 0 Å². The van der Waals surface area contributed by atoms with Crippen LogP contribution in [0, 0.1) is 0 Å². The normalized spacial score (nSPS) is 23.8. The van der Waals surface area contributed by atoms with Crippen LogP contribution in [0.1, 0.15) is 27.2 Å². The predicted molar refractivity (Wildman–Crippen MR) is 86.0 cm³/mol. The van der Waals surface area contributed by atoms with Gasteiger partial charge in [-0.25, -0.2) is 4.79 Å². The average molecular weight is 354 g/mol. The molecule has 1 N–H and O–H groups in total. The van der Waals surface area contributed by atoms with E-state index < -0.39 is 30.6 Å². The summed E-state index contributed by atoms with van der Waals surface area (Å²) < 4.78 is 33.5.